The molecule has 0 saturated carbocycles. The molecule has 27 heavy (non-hydrogen) atoms. The zero-order valence-corrected chi connectivity index (χ0v) is 17.7. The molecule has 3 rings (SSSR count). The van der Waals surface area contributed by atoms with E-state index < -0.39 is 15.8 Å². The summed E-state index contributed by atoms with van der Waals surface area (Å²) in [5, 5.41) is 0.0541. The largest absolute Gasteiger partial charge is 0.336 e. The van der Waals surface area contributed by atoms with Crippen molar-refractivity contribution in [3.8, 4) is 0 Å². The fourth-order valence-electron chi connectivity index (χ4n) is 2.81. The number of hydrogen-bond donors (Lipinski definition) is 0. The Morgan fingerprint density at radius 3 is 2.04 bits per heavy atom. The molecule has 2 aromatic carbocycles. The first kappa shape index (κ1) is 20.5. The van der Waals surface area contributed by atoms with Crippen molar-refractivity contribution in [2.24, 2.45) is 0 Å². The summed E-state index contributed by atoms with van der Waals surface area (Å²) < 4.78 is 40.7. The predicted octanol–water partition coefficient (Wildman–Crippen LogP) is 4.04. The number of piperazine rings is 1. The van der Waals surface area contributed by atoms with E-state index >= 15 is 0 Å². The Morgan fingerprint density at radius 1 is 1.00 bits per heavy atom. The number of carbonyl (C=O) groups is 1. The number of nitrogens with zero attached hydrogens (tertiary/aromatic N) is 2. The van der Waals surface area contributed by atoms with E-state index in [1.807, 2.05) is 0 Å². The lowest BCUT2D eigenvalue weighted by molar-refractivity contribution is 0.0698. The summed E-state index contributed by atoms with van der Waals surface area (Å²) in [4.78, 5) is 13.9. The van der Waals surface area contributed by atoms with Gasteiger partial charge in [-0.05, 0) is 36.4 Å². The lowest BCUT2D eigenvalue weighted by atomic mass is 10.2. The molecule has 144 valence electrons. The third-order valence-electron chi connectivity index (χ3n) is 4.18. The van der Waals surface area contributed by atoms with Crippen LogP contribution >= 0.6 is 39.1 Å². The van der Waals surface area contributed by atoms with Crippen molar-refractivity contribution < 1.29 is 17.6 Å². The Labute approximate surface area is 174 Å². The Balaban J connectivity index is 1.75. The lowest BCUT2D eigenvalue weighted by Gasteiger charge is -2.34. The van der Waals surface area contributed by atoms with E-state index in [4.69, 9.17) is 23.2 Å². The minimum atomic E-state index is -3.90. The minimum absolute atomic E-state index is 0.0270. The molecule has 10 heteroatoms. The Morgan fingerprint density at radius 2 is 1.52 bits per heavy atom. The smallest absolute Gasteiger partial charge is 0.253 e. The van der Waals surface area contributed by atoms with E-state index in [0.29, 0.717) is 10.0 Å². The van der Waals surface area contributed by atoms with Gasteiger partial charge in [-0.25, -0.2) is 12.8 Å². The highest BCUT2D eigenvalue weighted by Gasteiger charge is 2.33. The number of carbonyl (C=O) groups excluding carboxylic acids is 1. The fourth-order valence-corrected chi connectivity index (χ4v) is 6.12. The molecule has 0 radical (unpaired) electrons. The third kappa shape index (κ3) is 4.30. The molecule has 0 N–H and O–H groups in total. The van der Waals surface area contributed by atoms with Crippen molar-refractivity contribution in [2.75, 3.05) is 26.2 Å². The highest BCUT2D eigenvalue weighted by atomic mass is 79.9. The van der Waals surface area contributed by atoms with Gasteiger partial charge in [-0.2, -0.15) is 4.31 Å². The second kappa shape index (κ2) is 8.05. The summed E-state index contributed by atoms with van der Waals surface area (Å²) >= 11 is 15.4. The first-order valence-corrected chi connectivity index (χ1v) is 10.9. The van der Waals surface area contributed by atoms with E-state index in [0.717, 1.165) is 0 Å². The average Bonchev–Trinajstić information content (AvgIpc) is 2.61. The Kier molecular flexibility index (Phi) is 6.12. The van der Waals surface area contributed by atoms with Gasteiger partial charge in [0.2, 0.25) is 10.0 Å². The SMILES string of the molecule is O=C(c1ccc(F)cc1)N1CCN(S(=O)(=O)c2c(Cl)cc(Br)cc2Cl)CC1. The van der Waals surface area contributed by atoms with E-state index in [1.54, 1.807) is 0 Å². The van der Waals surface area contributed by atoms with Gasteiger partial charge in [0.25, 0.3) is 5.91 Å². The monoisotopic (exact) mass is 494 g/mol. The van der Waals surface area contributed by atoms with Gasteiger partial charge in [0.05, 0.1) is 10.0 Å². The fraction of sp³-hybridized carbons (Fsp3) is 0.235. The van der Waals surface area contributed by atoms with Crippen molar-refractivity contribution in [1.29, 1.82) is 0 Å². The number of halogens is 4. The number of rotatable bonds is 3. The Bertz CT molecular complexity index is 955. The van der Waals surface area contributed by atoms with Gasteiger partial charge in [0.1, 0.15) is 10.7 Å². The molecule has 0 aromatic heterocycles. The zero-order valence-electron chi connectivity index (χ0n) is 13.8. The first-order valence-electron chi connectivity index (χ1n) is 7.89. The highest BCUT2D eigenvalue weighted by Crippen LogP contribution is 2.35. The molecule has 0 unspecified atom stereocenters. The summed E-state index contributed by atoms with van der Waals surface area (Å²) in [6.07, 6.45) is 0. The molecule has 1 amide bonds. The van der Waals surface area contributed by atoms with Crippen LogP contribution in [0.2, 0.25) is 10.0 Å². The maximum absolute atomic E-state index is 13.0. The van der Waals surface area contributed by atoms with Crippen molar-refractivity contribution >= 4 is 55.1 Å². The number of hydrogen-bond acceptors (Lipinski definition) is 3. The van der Waals surface area contributed by atoms with Crippen LogP contribution in [0.25, 0.3) is 0 Å². The van der Waals surface area contributed by atoms with Crippen molar-refractivity contribution in [3.05, 3.63) is 62.3 Å². The molecule has 1 saturated heterocycles. The summed E-state index contributed by atoms with van der Waals surface area (Å²) in [6.45, 7) is 0.637. The average molecular weight is 496 g/mol. The van der Waals surface area contributed by atoms with E-state index in [2.05, 4.69) is 15.9 Å². The molecule has 0 aliphatic carbocycles. The first-order chi connectivity index (χ1) is 12.7. The quantitative estimate of drug-likeness (QED) is 0.645. The molecule has 5 nitrogen and oxygen atoms in total. The molecule has 0 spiro atoms. The van der Waals surface area contributed by atoms with Crippen LogP contribution in [-0.2, 0) is 10.0 Å². The second-order valence-corrected chi connectivity index (χ2v) is 9.51. The van der Waals surface area contributed by atoms with Crippen LogP contribution in [0.15, 0.2) is 45.8 Å². The van der Waals surface area contributed by atoms with Gasteiger partial charge in [0, 0.05) is 36.2 Å². The predicted molar refractivity (Wildman–Crippen MR) is 105 cm³/mol. The van der Waals surface area contributed by atoms with Crippen LogP contribution in [0.4, 0.5) is 4.39 Å². The maximum atomic E-state index is 13.0. The standard InChI is InChI=1S/C17H14BrCl2FN2O3S/c18-12-9-14(19)16(15(20)10-12)27(25,26)23-7-5-22(6-8-23)17(24)11-1-3-13(21)4-2-11/h1-4,9-10H,5-8H2. The van der Waals surface area contributed by atoms with Crippen LogP contribution < -0.4 is 0 Å². The van der Waals surface area contributed by atoms with Gasteiger partial charge >= 0.3 is 0 Å². The Hall–Kier alpha value is -1.19. The molecule has 1 aliphatic rings. The molecular weight excluding hydrogens is 482 g/mol. The molecule has 1 fully saturated rings. The minimum Gasteiger partial charge on any atom is -0.336 e. The van der Waals surface area contributed by atoms with Crippen LogP contribution in [-0.4, -0.2) is 49.7 Å². The lowest BCUT2D eigenvalue weighted by Crippen LogP contribution is -2.50. The topological polar surface area (TPSA) is 57.7 Å². The van der Waals surface area contributed by atoms with Crippen LogP contribution in [0.3, 0.4) is 0 Å². The van der Waals surface area contributed by atoms with E-state index in [1.165, 1.54) is 45.6 Å². The highest BCUT2D eigenvalue weighted by molar-refractivity contribution is 9.10. The van der Waals surface area contributed by atoms with Crippen molar-refractivity contribution in [2.45, 2.75) is 4.90 Å². The van der Waals surface area contributed by atoms with Crippen LogP contribution in [0.1, 0.15) is 10.4 Å². The molecule has 0 atom stereocenters. The van der Waals surface area contributed by atoms with Gasteiger partial charge in [-0.3, -0.25) is 4.79 Å². The van der Waals surface area contributed by atoms with Crippen LogP contribution in [0, 0.1) is 5.82 Å². The molecular formula is C17H14BrCl2FN2O3S. The third-order valence-corrected chi connectivity index (χ3v) is 7.46. The normalized spacial score (nSPS) is 15.8. The van der Waals surface area contributed by atoms with E-state index in [9.17, 15) is 17.6 Å². The van der Waals surface area contributed by atoms with Gasteiger partial charge in [-0.15, -0.1) is 0 Å². The molecule has 1 aliphatic heterocycles. The van der Waals surface area contributed by atoms with Gasteiger partial charge in [0.15, 0.2) is 0 Å². The number of sulfonamides is 1. The number of benzene rings is 2. The van der Waals surface area contributed by atoms with E-state index in [-0.39, 0.29) is 47.0 Å². The number of amides is 1. The zero-order chi connectivity index (χ0) is 19.8. The summed E-state index contributed by atoms with van der Waals surface area (Å²) in [5.41, 5.74) is 0.353. The van der Waals surface area contributed by atoms with Crippen molar-refractivity contribution in [1.82, 2.24) is 9.21 Å². The summed E-state index contributed by atoms with van der Waals surface area (Å²) in [6, 6.07) is 8.17. The van der Waals surface area contributed by atoms with Crippen LogP contribution in [0.5, 0.6) is 0 Å². The summed E-state index contributed by atoms with van der Waals surface area (Å²) in [7, 11) is -3.90. The van der Waals surface area contributed by atoms with Gasteiger partial charge in [-0.1, -0.05) is 39.1 Å². The molecule has 2 aromatic rings. The van der Waals surface area contributed by atoms with Crippen molar-refractivity contribution in [3.63, 3.8) is 0 Å². The second-order valence-electron chi connectivity index (χ2n) is 5.90. The summed E-state index contributed by atoms with van der Waals surface area (Å²) in [5.74, 6) is -0.697. The molecule has 1 heterocycles. The maximum Gasteiger partial charge on any atom is 0.253 e. The van der Waals surface area contributed by atoms with Gasteiger partial charge < -0.3 is 4.90 Å². The molecule has 0 bridgehead atoms.